The number of nitrogens with zero attached hydrogens (tertiary/aromatic N) is 4. The number of aromatic nitrogens is 2. The first-order chi connectivity index (χ1) is 17.7. The minimum atomic E-state index is 0.102. The van der Waals surface area contributed by atoms with Crippen molar-refractivity contribution < 1.29 is 9.53 Å². The second-order valence-corrected chi connectivity index (χ2v) is 11.5. The van der Waals surface area contributed by atoms with E-state index in [1.807, 2.05) is 40.5 Å². The fourth-order valence-electron chi connectivity index (χ4n) is 5.42. The third-order valence-corrected chi connectivity index (χ3v) is 8.93. The Morgan fingerprint density at radius 1 is 1.03 bits per heavy atom. The molecular formula is C29H36N4O2S. The van der Waals surface area contributed by atoms with Crippen LogP contribution in [-0.2, 0) is 12.8 Å². The van der Waals surface area contributed by atoms with Crippen LogP contribution in [0.25, 0.3) is 10.2 Å². The largest absolute Gasteiger partial charge is 0.494 e. The second kappa shape index (κ2) is 10.4. The van der Waals surface area contributed by atoms with Gasteiger partial charge in [-0.3, -0.25) is 4.79 Å². The molecule has 0 radical (unpaired) electrons. The molecule has 0 unspecified atom stereocenters. The van der Waals surface area contributed by atoms with E-state index in [9.17, 15) is 4.79 Å². The number of fused-ring (bicyclic) bond motifs is 3. The third-order valence-electron chi connectivity index (χ3n) is 7.74. The molecule has 3 aromatic rings. The van der Waals surface area contributed by atoms with Gasteiger partial charge in [0.25, 0.3) is 5.91 Å². The lowest BCUT2D eigenvalue weighted by Crippen LogP contribution is -2.49. The molecule has 6 nitrogen and oxygen atoms in total. The van der Waals surface area contributed by atoms with Gasteiger partial charge in [-0.1, -0.05) is 19.8 Å². The van der Waals surface area contributed by atoms with Crippen molar-refractivity contribution in [1.29, 1.82) is 0 Å². The molecule has 1 aliphatic heterocycles. The molecule has 36 heavy (non-hydrogen) atoms. The minimum absolute atomic E-state index is 0.102. The zero-order chi connectivity index (χ0) is 24.5. The Hall–Kier alpha value is -2.67. The van der Waals surface area contributed by atoms with Gasteiger partial charge in [-0.25, -0.2) is 9.97 Å². The SMILES string of the molecule is CCCCOc1ccc(C(=O)N2CCN(c3nc(C4CC4)nc4sc5c(c34)CCCCC5)CC2)cc1. The van der Waals surface area contributed by atoms with Crippen LogP contribution in [0, 0.1) is 0 Å². The summed E-state index contributed by atoms with van der Waals surface area (Å²) in [4.78, 5) is 30.5. The standard InChI is InChI=1S/C29H36N4O2S/c1-2-3-19-35-22-13-11-21(12-14-22)29(34)33-17-15-32(16-18-33)27-25-23-7-5-4-6-8-24(23)36-28(25)31-26(30-27)20-9-10-20/h11-14,20H,2-10,15-19H2,1H3. The monoisotopic (exact) mass is 504 g/mol. The Balaban J connectivity index is 1.19. The van der Waals surface area contributed by atoms with Crippen LogP contribution in [-0.4, -0.2) is 53.6 Å². The number of benzene rings is 1. The van der Waals surface area contributed by atoms with E-state index in [0.717, 1.165) is 61.9 Å². The van der Waals surface area contributed by atoms with Crippen LogP contribution in [0.2, 0.25) is 0 Å². The summed E-state index contributed by atoms with van der Waals surface area (Å²) in [6, 6.07) is 7.62. The Morgan fingerprint density at radius 2 is 1.81 bits per heavy atom. The highest BCUT2D eigenvalue weighted by Gasteiger charge is 2.32. The van der Waals surface area contributed by atoms with Gasteiger partial charge in [-0.2, -0.15) is 0 Å². The molecule has 7 heteroatoms. The molecule has 2 fully saturated rings. The number of unbranched alkanes of at least 4 members (excludes halogenated alkanes) is 1. The van der Waals surface area contributed by atoms with E-state index in [4.69, 9.17) is 14.7 Å². The molecule has 3 aliphatic rings. The van der Waals surface area contributed by atoms with E-state index in [1.54, 1.807) is 0 Å². The quantitative estimate of drug-likeness (QED) is 0.293. The number of hydrogen-bond acceptors (Lipinski definition) is 6. The van der Waals surface area contributed by atoms with Gasteiger partial charge < -0.3 is 14.5 Å². The molecule has 0 spiro atoms. The van der Waals surface area contributed by atoms with Crippen molar-refractivity contribution in [3.05, 3.63) is 46.1 Å². The van der Waals surface area contributed by atoms with Crippen molar-refractivity contribution in [2.75, 3.05) is 37.7 Å². The van der Waals surface area contributed by atoms with Crippen LogP contribution in [0.15, 0.2) is 24.3 Å². The first-order valence-corrected chi connectivity index (χ1v) is 14.6. The van der Waals surface area contributed by atoms with Gasteiger partial charge in [-0.15, -0.1) is 11.3 Å². The Morgan fingerprint density at radius 3 is 2.56 bits per heavy atom. The van der Waals surface area contributed by atoms with Crippen molar-refractivity contribution in [3.63, 3.8) is 0 Å². The van der Waals surface area contributed by atoms with Gasteiger partial charge in [0.05, 0.1) is 12.0 Å². The van der Waals surface area contributed by atoms with Crippen molar-refractivity contribution in [2.45, 2.75) is 70.6 Å². The van der Waals surface area contributed by atoms with Crippen molar-refractivity contribution in [1.82, 2.24) is 14.9 Å². The molecule has 0 bridgehead atoms. The van der Waals surface area contributed by atoms with E-state index >= 15 is 0 Å². The van der Waals surface area contributed by atoms with Crippen molar-refractivity contribution in [2.24, 2.45) is 0 Å². The van der Waals surface area contributed by atoms with Crippen LogP contribution >= 0.6 is 11.3 Å². The maximum Gasteiger partial charge on any atom is 0.253 e. The van der Waals surface area contributed by atoms with Gasteiger partial charge in [0.1, 0.15) is 22.2 Å². The highest BCUT2D eigenvalue weighted by Crippen LogP contribution is 2.44. The minimum Gasteiger partial charge on any atom is -0.494 e. The second-order valence-electron chi connectivity index (χ2n) is 10.4. The third kappa shape index (κ3) is 4.82. The normalized spacial score (nSPS) is 18.2. The molecule has 2 aromatic heterocycles. The molecule has 0 N–H and O–H groups in total. The molecule has 1 aromatic carbocycles. The van der Waals surface area contributed by atoms with Crippen LogP contribution in [0.4, 0.5) is 5.82 Å². The van der Waals surface area contributed by atoms with Crippen molar-refractivity contribution in [3.8, 4) is 5.75 Å². The summed E-state index contributed by atoms with van der Waals surface area (Å²) in [6.45, 7) is 5.92. The molecule has 1 saturated carbocycles. The molecule has 190 valence electrons. The maximum absolute atomic E-state index is 13.2. The average Bonchev–Trinajstić information content (AvgIpc) is 3.74. The average molecular weight is 505 g/mol. The van der Waals surface area contributed by atoms with E-state index < -0.39 is 0 Å². The Kier molecular flexibility index (Phi) is 6.83. The molecule has 1 amide bonds. The number of anilines is 1. The lowest BCUT2D eigenvalue weighted by molar-refractivity contribution is 0.0746. The molecule has 1 saturated heterocycles. The summed E-state index contributed by atoms with van der Waals surface area (Å²) in [5.74, 6) is 3.63. The Labute approximate surface area is 217 Å². The molecule has 3 heterocycles. The number of carbonyl (C=O) groups is 1. The highest BCUT2D eigenvalue weighted by atomic mass is 32.1. The lowest BCUT2D eigenvalue weighted by atomic mass is 10.1. The predicted molar refractivity (Wildman–Crippen MR) is 146 cm³/mol. The summed E-state index contributed by atoms with van der Waals surface area (Å²) >= 11 is 1.91. The number of thiophene rings is 1. The van der Waals surface area contributed by atoms with E-state index in [0.29, 0.717) is 19.0 Å². The van der Waals surface area contributed by atoms with E-state index in [1.165, 1.54) is 59.2 Å². The first-order valence-electron chi connectivity index (χ1n) is 13.8. The molecular weight excluding hydrogens is 468 g/mol. The number of hydrogen-bond donors (Lipinski definition) is 0. The highest BCUT2D eigenvalue weighted by molar-refractivity contribution is 7.19. The van der Waals surface area contributed by atoms with Gasteiger partial charge >= 0.3 is 0 Å². The molecule has 0 atom stereocenters. The van der Waals surface area contributed by atoms with Gasteiger partial charge in [0.2, 0.25) is 0 Å². The number of amides is 1. The van der Waals surface area contributed by atoms with E-state index in [-0.39, 0.29) is 5.91 Å². The fraction of sp³-hybridized carbons (Fsp3) is 0.552. The number of piperazine rings is 1. The van der Waals surface area contributed by atoms with Crippen LogP contribution in [0.1, 0.15) is 84.4 Å². The molecule has 6 rings (SSSR count). The van der Waals surface area contributed by atoms with Gasteiger partial charge in [0, 0.05) is 42.5 Å². The summed E-state index contributed by atoms with van der Waals surface area (Å²) in [5.41, 5.74) is 2.24. The lowest BCUT2D eigenvalue weighted by Gasteiger charge is -2.36. The fourth-order valence-corrected chi connectivity index (χ4v) is 6.68. The maximum atomic E-state index is 13.2. The van der Waals surface area contributed by atoms with Crippen LogP contribution in [0.5, 0.6) is 5.75 Å². The van der Waals surface area contributed by atoms with Gasteiger partial charge in [-0.05, 0) is 74.8 Å². The van der Waals surface area contributed by atoms with Gasteiger partial charge in [0.15, 0.2) is 0 Å². The Bertz CT molecular complexity index is 1230. The summed E-state index contributed by atoms with van der Waals surface area (Å²) in [6.07, 6.45) is 10.7. The summed E-state index contributed by atoms with van der Waals surface area (Å²) in [5, 5.41) is 1.31. The topological polar surface area (TPSA) is 58.6 Å². The number of aryl methyl sites for hydroxylation is 2. The van der Waals surface area contributed by atoms with Crippen molar-refractivity contribution >= 4 is 33.3 Å². The summed E-state index contributed by atoms with van der Waals surface area (Å²) < 4.78 is 5.75. The van der Waals surface area contributed by atoms with Crippen LogP contribution < -0.4 is 9.64 Å². The summed E-state index contributed by atoms with van der Waals surface area (Å²) in [7, 11) is 0. The number of carbonyl (C=O) groups excluding carboxylic acids is 1. The number of ether oxygens (including phenoxy) is 1. The zero-order valence-corrected chi connectivity index (χ0v) is 22.1. The smallest absolute Gasteiger partial charge is 0.253 e. The predicted octanol–water partition coefficient (Wildman–Crippen LogP) is 5.98. The molecule has 2 aliphatic carbocycles. The first kappa shape index (κ1) is 23.7. The van der Waals surface area contributed by atoms with Crippen LogP contribution in [0.3, 0.4) is 0 Å². The van der Waals surface area contributed by atoms with E-state index in [2.05, 4.69) is 11.8 Å². The number of rotatable bonds is 7. The zero-order valence-electron chi connectivity index (χ0n) is 21.3.